The molecule has 196 valence electrons. The van der Waals surface area contributed by atoms with Gasteiger partial charge in [-0.15, -0.1) is 0 Å². The summed E-state index contributed by atoms with van der Waals surface area (Å²) in [4.78, 5) is 29.8. The Morgan fingerprint density at radius 2 is 1.62 bits per heavy atom. The van der Waals surface area contributed by atoms with Crippen molar-refractivity contribution in [2.45, 2.75) is 39.4 Å². The lowest BCUT2D eigenvalue weighted by Gasteiger charge is -2.20. The van der Waals surface area contributed by atoms with E-state index in [0.717, 1.165) is 6.07 Å². The van der Waals surface area contributed by atoms with Gasteiger partial charge < -0.3 is 10.6 Å². The molecule has 4 rings (SSSR count). The monoisotopic (exact) mass is 525 g/mol. The number of carbonyl (C=O) groups excluding carboxylic acids is 2. The molecule has 16 heteroatoms. The van der Waals surface area contributed by atoms with Gasteiger partial charge in [0.15, 0.2) is 11.3 Å². The number of hydrogen-bond donors (Lipinski definition) is 2. The van der Waals surface area contributed by atoms with Crippen LogP contribution in [0, 0.1) is 13.8 Å². The number of amides is 2. The Bertz CT molecular complexity index is 1520. The summed E-state index contributed by atoms with van der Waals surface area (Å²) in [5.41, 5.74) is -1.49. The normalized spacial score (nSPS) is 12.2. The second-order valence-electron chi connectivity index (χ2n) is 8.05. The first-order valence-corrected chi connectivity index (χ1v) is 10.7. The highest BCUT2D eigenvalue weighted by atomic mass is 19.4. The van der Waals surface area contributed by atoms with Crippen molar-refractivity contribution >= 4 is 28.8 Å². The number of rotatable bonds is 6. The molecule has 11 nitrogen and oxygen atoms in total. The Morgan fingerprint density at radius 3 is 2.22 bits per heavy atom. The minimum atomic E-state index is -5.90. The zero-order chi connectivity index (χ0) is 27.3. The van der Waals surface area contributed by atoms with Gasteiger partial charge in [-0.3, -0.25) is 19.0 Å². The summed E-state index contributed by atoms with van der Waals surface area (Å²) < 4.78 is 70.5. The van der Waals surface area contributed by atoms with E-state index >= 15 is 0 Å². The second-order valence-corrected chi connectivity index (χ2v) is 8.05. The Labute approximate surface area is 205 Å². The molecular weight excluding hydrogens is 505 g/mol. The molecule has 0 aliphatic heterocycles. The van der Waals surface area contributed by atoms with Gasteiger partial charge in [0, 0.05) is 25.4 Å². The van der Waals surface area contributed by atoms with Crippen molar-refractivity contribution in [2.75, 3.05) is 10.6 Å². The molecule has 0 bridgehead atoms. The highest BCUT2D eigenvalue weighted by molar-refractivity contribution is 6.11. The zero-order valence-corrected chi connectivity index (χ0v) is 19.9. The number of aryl methyl sites for hydroxylation is 3. The number of nitrogens with one attached hydrogen (secondary N) is 2. The third-order valence-corrected chi connectivity index (χ3v) is 5.55. The number of aromatic nitrogens is 7. The van der Waals surface area contributed by atoms with Gasteiger partial charge in [-0.1, -0.05) is 0 Å². The van der Waals surface area contributed by atoms with Crippen LogP contribution in [-0.4, -0.2) is 52.1 Å². The molecule has 37 heavy (non-hydrogen) atoms. The Kier molecular flexibility index (Phi) is 6.21. The van der Waals surface area contributed by atoms with Crippen LogP contribution >= 0.6 is 0 Å². The second kappa shape index (κ2) is 8.94. The van der Waals surface area contributed by atoms with E-state index in [2.05, 4.69) is 30.9 Å². The number of halogens is 5. The lowest BCUT2D eigenvalue weighted by Crippen LogP contribution is -2.36. The van der Waals surface area contributed by atoms with Crippen LogP contribution in [-0.2, 0) is 19.5 Å². The number of hydrogen-bond acceptors (Lipinski definition) is 6. The van der Waals surface area contributed by atoms with Crippen LogP contribution in [0.2, 0.25) is 0 Å². The molecule has 0 saturated carbocycles. The maximum absolute atomic E-state index is 14.1. The number of anilines is 2. The van der Waals surface area contributed by atoms with Crippen LogP contribution in [0.4, 0.5) is 33.3 Å². The molecule has 0 aliphatic rings. The van der Waals surface area contributed by atoms with Gasteiger partial charge in [0.1, 0.15) is 11.4 Å². The summed E-state index contributed by atoms with van der Waals surface area (Å²) in [6, 6.07) is 1.50. The quantitative estimate of drug-likeness (QED) is 0.372. The zero-order valence-electron chi connectivity index (χ0n) is 19.9. The average Bonchev–Trinajstić information content (AvgIpc) is 3.50. The molecule has 2 amide bonds. The van der Waals surface area contributed by atoms with Gasteiger partial charge in [0.25, 0.3) is 11.8 Å². The van der Waals surface area contributed by atoms with E-state index in [-0.39, 0.29) is 28.1 Å². The molecule has 0 unspecified atom stereocenters. The summed E-state index contributed by atoms with van der Waals surface area (Å²) >= 11 is 0. The highest BCUT2D eigenvalue weighted by Gasteiger charge is 2.60. The maximum atomic E-state index is 14.1. The van der Waals surface area contributed by atoms with Gasteiger partial charge in [0.05, 0.1) is 29.5 Å². The van der Waals surface area contributed by atoms with E-state index in [1.807, 2.05) is 0 Å². The molecular formula is C21H20F5N9O2. The SMILES string of the molecule is CCn1ncc(NC(=O)c2cc3nc(C)cc(C(F)(F)C(F)(F)F)n3n2)c1C(=O)Nc1cnn(C)c1C. The molecule has 0 spiro atoms. The minimum absolute atomic E-state index is 0.0267. The van der Waals surface area contributed by atoms with Gasteiger partial charge >= 0.3 is 12.1 Å². The topological polar surface area (TPSA) is 124 Å². The fourth-order valence-electron chi connectivity index (χ4n) is 3.53. The van der Waals surface area contributed by atoms with E-state index in [4.69, 9.17) is 0 Å². The Balaban J connectivity index is 1.68. The van der Waals surface area contributed by atoms with E-state index < -0.39 is 40.9 Å². The summed E-state index contributed by atoms with van der Waals surface area (Å²) in [6.07, 6.45) is -3.25. The Morgan fingerprint density at radius 1 is 0.973 bits per heavy atom. The number of alkyl halides is 5. The van der Waals surface area contributed by atoms with Crippen molar-refractivity contribution in [1.29, 1.82) is 0 Å². The fourth-order valence-corrected chi connectivity index (χ4v) is 3.53. The maximum Gasteiger partial charge on any atom is 0.459 e. The average molecular weight is 525 g/mol. The van der Waals surface area contributed by atoms with Crippen LogP contribution in [0.5, 0.6) is 0 Å². The van der Waals surface area contributed by atoms with E-state index in [1.165, 1.54) is 24.0 Å². The smallest absolute Gasteiger partial charge is 0.318 e. The first-order valence-electron chi connectivity index (χ1n) is 10.7. The molecule has 0 saturated heterocycles. The molecule has 0 radical (unpaired) electrons. The van der Waals surface area contributed by atoms with Crippen LogP contribution in [0.3, 0.4) is 0 Å². The van der Waals surface area contributed by atoms with Crippen molar-refractivity contribution in [2.24, 2.45) is 7.05 Å². The van der Waals surface area contributed by atoms with Crippen molar-refractivity contribution in [3.8, 4) is 0 Å². The molecule has 0 aromatic carbocycles. The van der Waals surface area contributed by atoms with Crippen LogP contribution in [0.1, 0.15) is 45.0 Å². The summed E-state index contributed by atoms with van der Waals surface area (Å²) in [7, 11) is 1.69. The lowest BCUT2D eigenvalue weighted by molar-refractivity contribution is -0.291. The third kappa shape index (κ3) is 4.49. The Hall–Kier alpha value is -4.37. The first kappa shape index (κ1) is 25.7. The molecule has 0 atom stereocenters. The van der Waals surface area contributed by atoms with Crippen molar-refractivity contribution in [3.05, 3.63) is 53.0 Å². The predicted octanol–water partition coefficient (Wildman–Crippen LogP) is 3.45. The highest BCUT2D eigenvalue weighted by Crippen LogP contribution is 2.43. The largest absolute Gasteiger partial charge is 0.459 e. The van der Waals surface area contributed by atoms with Crippen molar-refractivity contribution < 1.29 is 31.5 Å². The van der Waals surface area contributed by atoms with Crippen LogP contribution in [0.25, 0.3) is 5.65 Å². The van der Waals surface area contributed by atoms with E-state index in [0.29, 0.717) is 17.4 Å². The standard InChI is InChI=1S/C21H20F5N9O2/c1-5-34-17(19(37)30-13-8-27-33(4)11(13)3)14(9-28-34)31-18(36)12-7-16-29-10(2)6-15(35(16)32-12)20(22,23)21(24,25)26/h6-9H,5H2,1-4H3,(H,30,37)(H,31,36). The molecule has 0 fully saturated rings. The third-order valence-electron chi connectivity index (χ3n) is 5.55. The number of fused-ring (bicyclic) bond motifs is 1. The van der Waals surface area contributed by atoms with Gasteiger partial charge in [-0.25, -0.2) is 9.50 Å². The summed E-state index contributed by atoms with van der Waals surface area (Å²) in [5, 5.41) is 16.8. The minimum Gasteiger partial charge on any atom is -0.318 e. The predicted molar refractivity (Wildman–Crippen MR) is 119 cm³/mol. The molecule has 4 aromatic heterocycles. The molecule has 4 aromatic rings. The summed E-state index contributed by atoms with van der Waals surface area (Å²) in [5.74, 6) is -6.85. The van der Waals surface area contributed by atoms with Gasteiger partial charge in [-0.2, -0.15) is 37.2 Å². The van der Waals surface area contributed by atoms with Crippen LogP contribution in [0.15, 0.2) is 24.5 Å². The summed E-state index contributed by atoms with van der Waals surface area (Å²) in [6.45, 7) is 4.94. The number of nitrogens with zero attached hydrogens (tertiary/aromatic N) is 7. The molecule has 4 heterocycles. The van der Waals surface area contributed by atoms with E-state index in [1.54, 1.807) is 25.6 Å². The van der Waals surface area contributed by atoms with Crippen molar-refractivity contribution in [1.82, 2.24) is 34.2 Å². The van der Waals surface area contributed by atoms with E-state index in [9.17, 15) is 31.5 Å². The van der Waals surface area contributed by atoms with Crippen molar-refractivity contribution in [3.63, 3.8) is 0 Å². The lowest BCUT2D eigenvalue weighted by atomic mass is 10.2. The van der Waals surface area contributed by atoms with Gasteiger partial charge in [0.2, 0.25) is 0 Å². The molecule has 0 aliphatic carbocycles. The van der Waals surface area contributed by atoms with Crippen LogP contribution < -0.4 is 10.6 Å². The fraction of sp³-hybridized carbons (Fsp3) is 0.333. The number of carbonyl (C=O) groups is 2. The molecule has 2 N–H and O–H groups in total. The van der Waals surface area contributed by atoms with Gasteiger partial charge in [-0.05, 0) is 26.8 Å². The first-order chi connectivity index (χ1) is 17.2.